The van der Waals surface area contributed by atoms with Crippen molar-refractivity contribution in [1.82, 2.24) is 10.2 Å². The van der Waals surface area contributed by atoms with E-state index in [1.165, 1.54) is 17.0 Å². The molecule has 0 aliphatic heterocycles. The Morgan fingerprint density at radius 3 is 2.09 bits per heavy atom. The monoisotopic (exact) mass is 679 g/mol. The van der Waals surface area contributed by atoms with Crippen molar-refractivity contribution in [1.29, 1.82) is 0 Å². The summed E-state index contributed by atoms with van der Waals surface area (Å²) in [6.07, 6.45) is 0.908. The van der Waals surface area contributed by atoms with Crippen LogP contribution in [0.3, 0.4) is 0 Å². The van der Waals surface area contributed by atoms with Gasteiger partial charge in [-0.15, -0.1) is 0 Å². The summed E-state index contributed by atoms with van der Waals surface area (Å²) in [4.78, 5) is 30.1. The average Bonchev–Trinajstić information content (AvgIpc) is 3.04. The second kappa shape index (κ2) is 15.6. The van der Waals surface area contributed by atoms with Crippen LogP contribution in [0.4, 0.5) is 5.69 Å². The lowest BCUT2D eigenvalue weighted by Gasteiger charge is -2.34. The number of hydrogen-bond acceptors (Lipinski definition) is 4. The third-order valence-corrected chi connectivity index (χ3v) is 10.4. The Morgan fingerprint density at radius 2 is 1.48 bits per heavy atom. The predicted molar refractivity (Wildman–Crippen MR) is 186 cm³/mol. The molecule has 0 aliphatic rings. The van der Waals surface area contributed by atoms with Gasteiger partial charge in [0.05, 0.1) is 20.6 Å². The number of carbonyl (C=O) groups is 2. The lowest BCUT2D eigenvalue weighted by Crippen LogP contribution is -2.54. The maximum absolute atomic E-state index is 14.6. The molecule has 46 heavy (non-hydrogen) atoms. The van der Waals surface area contributed by atoms with E-state index in [2.05, 4.69) is 5.32 Å². The van der Waals surface area contributed by atoms with Gasteiger partial charge in [0.25, 0.3) is 10.0 Å². The number of sulfonamides is 1. The largest absolute Gasteiger partial charge is 0.352 e. The van der Waals surface area contributed by atoms with Gasteiger partial charge in [-0.3, -0.25) is 13.9 Å². The standard InChI is InChI=1S/C36H39Cl2N3O4S/c1-5-27(4)39-36(43)34(22-28-12-8-6-9-13-28)40(23-29-17-18-31(37)32(38)21-29)35(42)24-41(33-19-16-25(2)20-26(33)3)46(44,45)30-14-10-7-11-15-30/h6-21,27,34H,5,22-24H2,1-4H3,(H,39,43)/t27-,34-/m0/s1. The van der Waals surface area contributed by atoms with Gasteiger partial charge in [0.2, 0.25) is 11.8 Å². The molecule has 0 radical (unpaired) electrons. The highest BCUT2D eigenvalue weighted by Crippen LogP contribution is 2.29. The molecule has 0 saturated carbocycles. The fourth-order valence-electron chi connectivity index (χ4n) is 5.15. The van der Waals surface area contributed by atoms with Crippen molar-refractivity contribution in [3.63, 3.8) is 0 Å². The lowest BCUT2D eigenvalue weighted by atomic mass is 10.0. The highest BCUT2D eigenvalue weighted by molar-refractivity contribution is 7.92. The minimum Gasteiger partial charge on any atom is -0.352 e. The van der Waals surface area contributed by atoms with Gasteiger partial charge in [0.15, 0.2) is 0 Å². The van der Waals surface area contributed by atoms with Crippen molar-refractivity contribution in [2.45, 2.75) is 64.1 Å². The first kappa shape index (κ1) is 35.0. The second-order valence-electron chi connectivity index (χ2n) is 11.4. The molecule has 0 aliphatic carbocycles. The first-order valence-electron chi connectivity index (χ1n) is 15.1. The topological polar surface area (TPSA) is 86.8 Å². The number of carbonyl (C=O) groups excluding carboxylic acids is 2. The number of aryl methyl sites for hydroxylation is 2. The predicted octanol–water partition coefficient (Wildman–Crippen LogP) is 7.36. The van der Waals surface area contributed by atoms with Crippen LogP contribution in [-0.2, 0) is 32.6 Å². The summed E-state index contributed by atoms with van der Waals surface area (Å²) in [6, 6.07) is 26.8. The van der Waals surface area contributed by atoms with Crippen molar-refractivity contribution >= 4 is 50.7 Å². The Labute approximate surface area is 282 Å². The number of nitrogens with one attached hydrogen (secondary N) is 1. The summed E-state index contributed by atoms with van der Waals surface area (Å²) in [7, 11) is -4.18. The van der Waals surface area contributed by atoms with Crippen LogP contribution in [0.2, 0.25) is 10.0 Å². The van der Waals surface area contributed by atoms with Crippen LogP contribution in [-0.4, -0.2) is 43.8 Å². The molecular formula is C36H39Cl2N3O4S. The normalized spacial score (nSPS) is 12.7. The van der Waals surface area contributed by atoms with Gasteiger partial charge in [0, 0.05) is 19.0 Å². The van der Waals surface area contributed by atoms with Crippen LogP contribution in [0.1, 0.15) is 42.5 Å². The van der Waals surface area contributed by atoms with E-state index in [1.54, 1.807) is 42.5 Å². The summed E-state index contributed by atoms with van der Waals surface area (Å²) in [5, 5.41) is 3.70. The molecule has 0 aromatic heterocycles. The summed E-state index contributed by atoms with van der Waals surface area (Å²) in [5.74, 6) is -0.888. The van der Waals surface area contributed by atoms with E-state index in [4.69, 9.17) is 23.2 Å². The lowest BCUT2D eigenvalue weighted by molar-refractivity contribution is -0.140. The molecule has 4 aromatic carbocycles. The minimum atomic E-state index is -4.18. The van der Waals surface area contributed by atoms with E-state index >= 15 is 0 Å². The zero-order valence-corrected chi connectivity index (χ0v) is 28.7. The van der Waals surface area contributed by atoms with Gasteiger partial charge >= 0.3 is 0 Å². The Balaban J connectivity index is 1.84. The van der Waals surface area contributed by atoms with E-state index in [-0.39, 0.29) is 29.8 Å². The van der Waals surface area contributed by atoms with Crippen molar-refractivity contribution < 1.29 is 18.0 Å². The van der Waals surface area contributed by atoms with Crippen molar-refractivity contribution in [2.24, 2.45) is 0 Å². The van der Waals surface area contributed by atoms with Crippen LogP contribution in [0.15, 0.2) is 102 Å². The molecule has 0 saturated heterocycles. The third-order valence-electron chi connectivity index (χ3n) is 7.84. The zero-order valence-electron chi connectivity index (χ0n) is 26.4. The molecule has 2 amide bonds. The maximum atomic E-state index is 14.6. The molecular weight excluding hydrogens is 641 g/mol. The highest BCUT2D eigenvalue weighted by atomic mass is 35.5. The Bertz CT molecular complexity index is 1770. The van der Waals surface area contributed by atoms with Crippen LogP contribution < -0.4 is 9.62 Å². The van der Waals surface area contributed by atoms with Crippen LogP contribution in [0, 0.1) is 13.8 Å². The molecule has 4 aromatic rings. The maximum Gasteiger partial charge on any atom is 0.264 e. The van der Waals surface area contributed by atoms with Gasteiger partial charge < -0.3 is 10.2 Å². The van der Waals surface area contributed by atoms with Gasteiger partial charge in [-0.1, -0.05) is 102 Å². The summed E-state index contributed by atoms with van der Waals surface area (Å²) in [6.45, 7) is 7.05. The molecule has 0 spiro atoms. The average molecular weight is 681 g/mol. The third kappa shape index (κ3) is 8.69. The van der Waals surface area contributed by atoms with Gasteiger partial charge in [-0.25, -0.2) is 8.42 Å². The van der Waals surface area contributed by atoms with E-state index in [9.17, 15) is 18.0 Å². The number of amides is 2. The number of halogens is 2. The number of nitrogens with zero attached hydrogens (tertiary/aromatic N) is 2. The molecule has 10 heteroatoms. The van der Waals surface area contributed by atoms with Crippen LogP contribution in [0.5, 0.6) is 0 Å². The molecule has 0 unspecified atom stereocenters. The van der Waals surface area contributed by atoms with Crippen molar-refractivity contribution in [3.8, 4) is 0 Å². The van der Waals surface area contributed by atoms with Crippen molar-refractivity contribution in [2.75, 3.05) is 10.8 Å². The molecule has 0 bridgehead atoms. The Kier molecular flexibility index (Phi) is 11.9. The highest BCUT2D eigenvalue weighted by Gasteiger charge is 2.35. The van der Waals surface area contributed by atoms with E-state index < -0.39 is 28.5 Å². The van der Waals surface area contributed by atoms with E-state index in [1.807, 2.05) is 70.2 Å². The minimum absolute atomic E-state index is 0.00669. The molecule has 2 atom stereocenters. The number of rotatable bonds is 13. The second-order valence-corrected chi connectivity index (χ2v) is 14.1. The molecule has 4 rings (SSSR count). The summed E-state index contributed by atoms with van der Waals surface area (Å²) >= 11 is 12.6. The number of anilines is 1. The molecule has 242 valence electrons. The zero-order chi connectivity index (χ0) is 33.4. The smallest absolute Gasteiger partial charge is 0.264 e. The quantitative estimate of drug-likeness (QED) is 0.160. The molecule has 0 heterocycles. The molecule has 0 fully saturated rings. The number of benzene rings is 4. The Morgan fingerprint density at radius 1 is 0.826 bits per heavy atom. The fourth-order valence-corrected chi connectivity index (χ4v) is 6.97. The van der Waals surface area contributed by atoms with E-state index in [0.29, 0.717) is 33.3 Å². The first-order chi connectivity index (χ1) is 21.9. The molecule has 7 nitrogen and oxygen atoms in total. The van der Waals surface area contributed by atoms with Gasteiger partial charge in [-0.05, 0) is 74.2 Å². The first-order valence-corrected chi connectivity index (χ1v) is 17.3. The summed E-state index contributed by atoms with van der Waals surface area (Å²) in [5.41, 5.74) is 3.51. The van der Waals surface area contributed by atoms with Gasteiger partial charge in [0.1, 0.15) is 12.6 Å². The SMILES string of the molecule is CC[C@H](C)NC(=O)[C@H](Cc1ccccc1)N(Cc1ccc(Cl)c(Cl)c1)C(=O)CN(c1ccc(C)cc1C)S(=O)(=O)c1ccccc1. The van der Waals surface area contributed by atoms with Gasteiger partial charge in [-0.2, -0.15) is 0 Å². The molecule has 1 N–H and O–H groups in total. The number of hydrogen-bond donors (Lipinski definition) is 1. The van der Waals surface area contributed by atoms with Crippen LogP contribution in [0.25, 0.3) is 0 Å². The fraction of sp³-hybridized carbons (Fsp3) is 0.278. The van der Waals surface area contributed by atoms with E-state index in [0.717, 1.165) is 15.4 Å². The summed E-state index contributed by atoms with van der Waals surface area (Å²) < 4.78 is 29.5. The van der Waals surface area contributed by atoms with Crippen molar-refractivity contribution in [3.05, 3.63) is 129 Å². The van der Waals surface area contributed by atoms with Crippen LogP contribution >= 0.6 is 23.2 Å². The Hall–Kier alpha value is -3.85.